The number of nitrogens with one attached hydrogen (secondary N) is 2. The van der Waals surface area contributed by atoms with E-state index in [9.17, 15) is 0 Å². The smallest absolute Gasteiger partial charge is 0.191 e. The van der Waals surface area contributed by atoms with Crippen molar-refractivity contribution in [2.75, 3.05) is 32.1 Å². The van der Waals surface area contributed by atoms with Crippen molar-refractivity contribution in [1.29, 1.82) is 0 Å². The van der Waals surface area contributed by atoms with Crippen LogP contribution < -0.4 is 20.3 Å². The molecule has 0 amide bonds. The molecule has 0 aliphatic carbocycles. The highest BCUT2D eigenvalue weighted by Gasteiger charge is 2.25. The quantitative estimate of drug-likeness (QED) is 0.267. The number of ether oxygens (including phenoxy) is 1. The van der Waals surface area contributed by atoms with Crippen molar-refractivity contribution in [3.05, 3.63) is 71.5 Å². The monoisotopic (exact) mass is 566 g/mol. The first kappa shape index (κ1) is 24.2. The number of guanidine groups is 1. The lowest BCUT2D eigenvalue weighted by molar-refractivity contribution is 0.415. The summed E-state index contributed by atoms with van der Waals surface area (Å²) in [5.74, 6) is 1.63. The van der Waals surface area contributed by atoms with Gasteiger partial charge in [-0.1, -0.05) is 23.7 Å². The number of hydrogen-bond acceptors (Lipinski definition) is 4. The Labute approximate surface area is 210 Å². The van der Waals surface area contributed by atoms with Crippen LogP contribution in [0.25, 0.3) is 5.69 Å². The Morgan fingerprint density at radius 3 is 2.75 bits per heavy atom. The third-order valence-corrected chi connectivity index (χ3v) is 5.63. The fourth-order valence-corrected chi connectivity index (χ4v) is 3.94. The summed E-state index contributed by atoms with van der Waals surface area (Å²) in [7, 11) is 3.48. The molecule has 9 heteroatoms. The molecule has 1 aliphatic rings. The van der Waals surface area contributed by atoms with Gasteiger partial charge in [0.2, 0.25) is 0 Å². The van der Waals surface area contributed by atoms with Crippen LogP contribution in [0.2, 0.25) is 5.02 Å². The Morgan fingerprint density at radius 1 is 1.25 bits per heavy atom. The Morgan fingerprint density at radius 2 is 2.06 bits per heavy atom. The van der Waals surface area contributed by atoms with Gasteiger partial charge in [-0.15, -0.1) is 24.0 Å². The summed E-state index contributed by atoms with van der Waals surface area (Å²) >= 11 is 6.20. The van der Waals surface area contributed by atoms with Gasteiger partial charge in [0.25, 0.3) is 0 Å². The van der Waals surface area contributed by atoms with E-state index in [1.165, 1.54) is 5.56 Å². The van der Waals surface area contributed by atoms with E-state index in [0.717, 1.165) is 42.6 Å². The molecule has 1 aliphatic heterocycles. The second kappa shape index (κ2) is 11.4. The van der Waals surface area contributed by atoms with Crippen LogP contribution in [0.3, 0.4) is 0 Å². The summed E-state index contributed by atoms with van der Waals surface area (Å²) in [4.78, 5) is 6.68. The number of nitrogens with zero attached hydrogens (tertiary/aromatic N) is 4. The Balaban J connectivity index is 0.00000289. The highest BCUT2D eigenvalue weighted by molar-refractivity contribution is 14.0. The van der Waals surface area contributed by atoms with Gasteiger partial charge in [-0.2, -0.15) is 5.10 Å². The number of aromatic nitrogens is 2. The van der Waals surface area contributed by atoms with E-state index in [-0.39, 0.29) is 30.0 Å². The maximum atomic E-state index is 6.20. The van der Waals surface area contributed by atoms with Crippen molar-refractivity contribution < 1.29 is 4.74 Å². The van der Waals surface area contributed by atoms with Crippen LogP contribution in [0.1, 0.15) is 12.0 Å². The molecule has 0 spiro atoms. The van der Waals surface area contributed by atoms with Gasteiger partial charge in [0, 0.05) is 50.1 Å². The highest BCUT2D eigenvalue weighted by atomic mass is 127. The Bertz CT molecular complexity index is 1030. The Hall–Kier alpha value is -2.46. The van der Waals surface area contributed by atoms with Gasteiger partial charge < -0.3 is 20.3 Å². The van der Waals surface area contributed by atoms with Crippen LogP contribution in [-0.4, -0.2) is 49.0 Å². The van der Waals surface area contributed by atoms with Gasteiger partial charge in [0.05, 0.1) is 18.5 Å². The van der Waals surface area contributed by atoms with E-state index in [1.54, 1.807) is 20.4 Å². The number of anilines is 1. The molecule has 2 heterocycles. The molecule has 0 radical (unpaired) electrons. The molecule has 1 aromatic heterocycles. The zero-order chi connectivity index (χ0) is 21.6. The molecule has 170 valence electrons. The molecule has 1 atom stereocenters. The second-order valence-electron chi connectivity index (χ2n) is 7.43. The summed E-state index contributed by atoms with van der Waals surface area (Å²) in [6, 6.07) is 16.2. The van der Waals surface area contributed by atoms with Crippen LogP contribution in [-0.2, 0) is 6.54 Å². The summed E-state index contributed by atoms with van der Waals surface area (Å²) in [5, 5.41) is 11.9. The molecule has 3 aromatic rings. The topological polar surface area (TPSA) is 66.7 Å². The average molecular weight is 567 g/mol. The lowest BCUT2D eigenvalue weighted by Gasteiger charge is -2.22. The van der Waals surface area contributed by atoms with Crippen molar-refractivity contribution in [3.8, 4) is 11.4 Å². The van der Waals surface area contributed by atoms with Crippen LogP contribution >= 0.6 is 35.6 Å². The Kier molecular flexibility index (Phi) is 8.63. The molecule has 1 unspecified atom stereocenters. The first-order valence-corrected chi connectivity index (χ1v) is 10.7. The van der Waals surface area contributed by atoms with Crippen LogP contribution in [0.15, 0.2) is 65.9 Å². The van der Waals surface area contributed by atoms with E-state index in [2.05, 4.69) is 49.9 Å². The largest absolute Gasteiger partial charge is 0.495 e. The number of aliphatic imine (C=N–C) groups is 1. The second-order valence-corrected chi connectivity index (χ2v) is 7.87. The lowest BCUT2D eigenvalue weighted by atomic mass is 10.2. The third kappa shape index (κ3) is 5.86. The fourth-order valence-electron chi connectivity index (χ4n) is 3.77. The molecule has 2 aromatic carbocycles. The normalized spacial score (nSPS) is 15.9. The number of halogens is 2. The zero-order valence-electron chi connectivity index (χ0n) is 18.2. The fraction of sp³-hybridized carbons (Fsp3) is 0.304. The van der Waals surface area contributed by atoms with E-state index < -0.39 is 0 Å². The van der Waals surface area contributed by atoms with Crippen LogP contribution in [0.4, 0.5) is 5.69 Å². The SMILES string of the molecule is CN=C(NCc1ccc(-n2cccn2)cc1)NC1CCN(c2cc(Cl)ccc2OC)C1.I. The van der Waals surface area contributed by atoms with Gasteiger partial charge in [0.15, 0.2) is 5.96 Å². The molecule has 7 nitrogen and oxygen atoms in total. The van der Waals surface area contributed by atoms with Crippen molar-refractivity contribution in [2.24, 2.45) is 4.99 Å². The average Bonchev–Trinajstić information content (AvgIpc) is 3.49. The van der Waals surface area contributed by atoms with Crippen molar-refractivity contribution >= 4 is 47.2 Å². The molecule has 2 N–H and O–H groups in total. The number of rotatable bonds is 6. The van der Waals surface area contributed by atoms with E-state index in [4.69, 9.17) is 16.3 Å². The number of methoxy groups -OCH3 is 1. The van der Waals surface area contributed by atoms with E-state index in [1.807, 2.05) is 35.1 Å². The number of benzene rings is 2. The van der Waals surface area contributed by atoms with E-state index in [0.29, 0.717) is 11.6 Å². The summed E-state index contributed by atoms with van der Waals surface area (Å²) in [6.07, 6.45) is 4.72. The summed E-state index contributed by atoms with van der Waals surface area (Å²) in [5.41, 5.74) is 3.24. The van der Waals surface area contributed by atoms with Crippen molar-refractivity contribution in [3.63, 3.8) is 0 Å². The molecule has 32 heavy (non-hydrogen) atoms. The standard InChI is InChI=1S/C23H27ClN6O.HI/c1-25-23(26-15-17-4-7-20(8-5-17)30-12-3-11-27-30)28-19-10-13-29(16-19)21-14-18(24)6-9-22(21)31-2;/h3-9,11-12,14,19H,10,13,15-16H2,1-2H3,(H2,25,26,28);1H. The van der Waals surface area contributed by atoms with Crippen LogP contribution in [0.5, 0.6) is 5.75 Å². The molecular weight excluding hydrogens is 539 g/mol. The minimum Gasteiger partial charge on any atom is -0.495 e. The zero-order valence-corrected chi connectivity index (χ0v) is 21.2. The maximum absolute atomic E-state index is 6.20. The predicted molar refractivity (Wildman–Crippen MR) is 141 cm³/mol. The van der Waals surface area contributed by atoms with E-state index >= 15 is 0 Å². The van der Waals surface area contributed by atoms with Gasteiger partial charge >= 0.3 is 0 Å². The van der Waals surface area contributed by atoms with Gasteiger partial charge in [-0.05, 0) is 48.4 Å². The molecule has 1 fully saturated rings. The number of hydrogen-bond donors (Lipinski definition) is 2. The third-order valence-electron chi connectivity index (χ3n) is 5.40. The predicted octanol–water partition coefficient (Wildman–Crippen LogP) is 4.10. The summed E-state index contributed by atoms with van der Waals surface area (Å²) in [6.45, 7) is 2.48. The van der Waals surface area contributed by atoms with Gasteiger partial charge in [-0.3, -0.25) is 4.99 Å². The van der Waals surface area contributed by atoms with Gasteiger partial charge in [-0.25, -0.2) is 4.68 Å². The molecular formula is C23H28ClIN6O. The lowest BCUT2D eigenvalue weighted by Crippen LogP contribution is -2.44. The minimum absolute atomic E-state index is 0. The minimum atomic E-state index is 0. The molecule has 4 rings (SSSR count). The first-order valence-electron chi connectivity index (χ1n) is 10.3. The molecule has 1 saturated heterocycles. The van der Waals surface area contributed by atoms with Gasteiger partial charge in [0.1, 0.15) is 5.75 Å². The van der Waals surface area contributed by atoms with Crippen molar-refractivity contribution in [2.45, 2.75) is 19.0 Å². The highest BCUT2D eigenvalue weighted by Crippen LogP contribution is 2.33. The maximum Gasteiger partial charge on any atom is 0.191 e. The molecule has 0 bridgehead atoms. The summed E-state index contributed by atoms with van der Waals surface area (Å²) < 4.78 is 7.35. The first-order chi connectivity index (χ1) is 15.2. The van der Waals surface area contributed by atoms with Crippen LogP contribution in [0, 0.1) is 0 Å². The molecule has 0 saturated carbocycles. The van der Waals surface area contributed by atoms with Crippen molar-refractivity contribution in [1.82, 2.24) is 20.4 Å².